The van der Waals surface area contributed by atoms with Crippen molar-refractivity contribution in [3.63, 3.8) is 0 Å². The molecule has 1 N–H and O–H groups in total. The van der Waals surface area contributed by atoms with Gasteiger partial charge in [-0.15, -0.1) is 0 Å². The molecule has 1 aromatic carbocycles. The molecule has 4 rings (SSSR count). The molecule has 0 aliphatic carbocycles. The van der Waals surface area contributed by atoms with Gasteiger partial charge in [0.15, 0.2) is 12.4 Å². The Labute approximate surface area is 187 Å². The Bertz CT molecular complexity index is 1160. The van der Waals surface area contributed by atoms with Gasteiger partial charge in [-0.25, -0.2) is 4.98 Å². The van der Waals surface area contributed by atoms with Crippen LogP contribution in [0, 0.1) is 6.92 Å². The minimum absolute atomic E-state index is 0.0810. The van der Waals surface area contributed by atoms with Crippen LogP contribution in [0.5, 0.6) is 5.75 Å². The maximum Gasteiger partial charge on any atom is 0.417 e. The number of hydrogen-bond acceptors (Lipinski definition) is 5. The molecule has 172 valence electrons. The molecule has 0 radical (unpaired) electrons. The zero-order valence-electron chi connectivity index (χ0n) is 17.6. The number of alkyl halides is 3. The van der Waals surface area contributed by atoms with Gasteiger partial charge in [0.1, 0.15) is 11.6 Å². The van der Waals surface area contributed by atoms with Crippen molar-refractivity contribution in [2.75, 3.05) is 23.4 Å². The molecule has 3 aromatic rings. The number of hydrogen-bond donors (Lipinski definition) is 1. The van der Waals surface area contributed by atoms with Crippen molar-refractivity contribution >= 4 is 23.3 Å². The lowest BCUT2D eigenvalue weighted by molar-refractivity contribution is -0.137. The smallest absolute Gasteiger partial charge is 0.417 e. The van der Waals surface area contributed by atoms with Crippen LogP contribution in [-0.2, 0) is 15.8 Å². The Kier molecular flexibility index (Phi) is 6.03. The van der Waals surface area contributed by atoms with Gasteiger partial charge in [0.2, 0.25) is 5.91 Å². The highest BCUT2D eigenvalue weighted by molar-refractivity contribution is 5.95. The van der Waals surface area contributed by atoms with Crippen LogP contribution < -0.4 is 15.0 Å². The molecule has 0 bridgehead atoms. The van der Waals surface area contributed by atoms with Crippen molar-refractivity contribution < 1.29 is 27.5 Å². The third-order valence-electron chi connectivity index (χ3n) is 4.98. The number of aryl methyl sites for hydroxylation is 1. The standard InChI is InChI=1S/C22H20F3N5O3/c1-14-11-19(30(28-14)18-9-4-15(12-26-18)22(23,24)25)27-20(31)13-33-17-7-5-16(6-8-17)29-10-2-3-21(29)32/h4-9,11-12H,2-3,10,13H2,1H3,(H,27,31). The normalized spacial score (nSPS) is 13.9. The van der Waals surface area contributed by atoms with Crippen LogP contribution in [0.2, 0.25) is 0 Å². The first-order valence-corrected chi connectivity index (χ1v) is 10.1. The van der Waals surface area contributed by atoms with Crippen LogP contribution in [0.1, 0.15) is 24.1 Å². The number of benzene rings is 1. The Hall–Kier alpha value is -3.89. The largest absolute Gasteiger partial charge is 0.484 e. The summed E-state index contributed by atoms with van der Waals surface area (Å²) < 4.78 is 45.1. The maximum absolute atomic E-state index is 12.8. The van der Waals surface area contributed by atoms with E-state index < -0.39 is 17.6 Å². The van der Waals surface area contributed by atoms with Crippen LogP contribution in [0.25, 0.3) is 5.82 Å². The average molecular weight is 459 g/mol. The summed E-state index contributed by atoms with van der Waals surface area (Å²) in [5, 5.41) is 6.81. The molecule has 0 unspecified atom stereocenters. The van der Waals surface area contributed by atoms with Gasteiger partial charge in [-0.1, -0.05) is 0 Å². The van der Waals surface area contributed by atoms with Gasteiger partial charge < -0.3 is 15.0 Å². The van der Waals surface area contributed by atoms with Gasteiger partial charge in [-0.3, -0.25) is 9.59 Å². The fourth-order valence-electron chi connectivity index (χ4n) is 3.41. The molecular weight excluding hydrogens is 439 g/mol. The molecule has 1 saturated heterocycles. The van der Waals surface area contributed by atoms with Gasteiger partial charge in [0.05, 0.1) is 11.3 Å². The second-order valence-corrected chi connectivity index (χ2v) is 7.47. The van der Waals surface area contributed by atoms with E-state index in [-0.39, 0.29) is 24.1 Å². The number of rotatable bonds is 6. The summed E-state index contributed by atoms with van der Waals surface area (Å²) in [4.78, 5) is 29.7. The van der Waals surface area contributed by atoms with Crippen molar-refractivity contribution in [2.24, 2.45) is 0 Å². The first-order chi connectivity index (χ1) is 15.7. The van der Waals surface area contributed by atoms with Crippen LogP contribution in [-0.4, -0.2) is 39.7 Å². The van der Waals surface area contributed by atoms with Crippen molar-refractivity contribution in [3.8, 4) is 11.6 Å². The van der Waals surface area contributed by atoms with Crippen molar-refractivity contribution in [1.82, 2.24) is 14.8 Å². The van der Waals surface area contributed by atoms with E-state index in [4.69, 9.17) is 4.74 Å². The fourth-order valence-corrected chi connectivity index (χ4v) is 3.41. The third kappa shape index (κ3) is 5.13. The van der Waals surface area contributed by atoms with Gasteiger partial charge in [-0.2, -0.15) is 23.0 Å². The SMILES string of the molecule is Cc1cc(NC(=O)COc2ccc(N3CCCC3=O)cc2)n(-c2ccc(C(F)(F)F)cn2)n1. The molecule has 33 heavy (non-hydrogen) atoms. The van der Waals surface area contributed by atoms with Gasteiger partial charge >= 0.3 is 6.18 Å². The summed E-state index contributed by atoms with van der Waals surface area (Å²) in [6.45, 7) is 2.06. The van der Waals surface area contributed by atoms with E-state index in [9.17, 15) is 22.8 Å². The minimum Gasteiger partial charge on any atom is -0.484 e. The zero-order valence-corrected chi connectivity index (χ0v) is 17.6. The van der Waals surface area contributed by atoms with Crippen LogP contribution in [0.4, 0.5) is 24.7 Å². The van der Waals surface area contributed by atoms with E-state index in [1.54, 1.807) is 42.2 Å². The lowest BCUT2D eigenvalue weighted by Gasteiger charge is -2.16. The molecule has 1 aliphatic heterocycles. The summed E-state index contributed by atoms with van der Waals surface area (Å²) >= 11 is 0. The van der Waals surface area contributed by atoms with E-state index in [1.807, 2.05) is 0 Å². The number of halogens is 3. The van der Waals surface area contributed by atoms with Crippen molar-refractivity contribution in [3.05, 3.63) is 59.9 Å². The predicted molar refractivity (Wildman–Crippen MR) is 113 cm³/mol. The Morgan fingerprint density at radius 2 is 1.94 bits per heavy atom. The Morgan fingerprint density at radius 3 is 2.55 bits per heavy atom. The molecule has 1 aliphatic rings. The summed E-state index contributed by atoms with van der Waals surface area (Å²) in [6, 6.07) is 10.5. The molecule has 2 amide bonds. The first kappa shape index (κ1) is 22.3. The number of aromatic nitrogens is 3. The van der Waals surface area contributed by atoms with Crippen LogP contribution in [0.3, 0.4) is 0 Å². The van der Waals surface area contributed by atoms with E-state index in [0.717, 1.165) is 18.2 Å². The first-order valence-electron chi connectivity index (χ1n) is 10.1. The zero-order chi connectivity index (χ0) is 23.6. The monoisotopic (exact) mass is 459 g/mol. The molecular formula is C22H20F3N5O3. The number of nitrogens with one attached hydrogen (secondary N) is 1. The lowest BCUT2D eigenvalue weighted by atomic mass is 10.3. The maximum atomic E-state index is 12.8. The number of ether oxygens (including phenoxy) is 1. The second kappa shape index (κ2) is 8.93. The molecule has 3 heterocycles. The summed E-state index contributed by atoms with van der Waals surface area (Å²) in [5.41, 5.74) is 0.437. The molecule has 0 spiro atoms. The number of pyridine rings is 1. The molecule has 11 heteroatoms. The summed E-state index contributed by atoms with van der Waals surface area (Å²) in [7, 11) is 0. The summed E-state index contributed by atoms with van der Waals surface area (Å²) in [6.07, 6.45) is -2.42. The fraction of sp³-hybridized carbons (Fsp3) is 0.273. The number of amides is 2. The average Bonchev–Trinajstić information content (AvgIpc) is 3.37. The Morgan fingerprint density at radius 1 is 1.18 bits per heavy atom. The highest BCUT2D eigenvalue weighted by atomic mass is 19.4. The highest BCUT2D eigenvalue weighted by Gasteiger charge is 2.31. The van der Waals surface area contributed by atoms with Crippen LogP contribution >= 0.6 is 0 Å². The summed E-state index contributed by atoms with van der Waals surface area (Å²) in [5.74, 6) is 0.421. The second-order valence-electron chi connectivity index (χ2n) is 7.47. The number of anilines is 2. The van der Waals surface area contributed by atoms with Gasteiger partial charge in [0.25, 0.3) is 5.91 Å². The molecule has 1 fully saturated rings. The Balaban J connectivity index is 1.39. The van der Waals surface area contributed by atoms with E-state index in [2.05, 4.69) is 15.4 Å². The quantitative estimate of drug-likeness (QED) is 0.607. The van der Waals surface area contributed by atoms with Crippen molar-refractivity contribution in [1.29, 1.82) is 0 Å². The van der Waals surface area contributed by atoms with E-state index in [0.29, 0.717) is 30.6 Å². The van der Waals surface area contributed by atoms with Gasteiger partial charge in [-0.05, 0) is 49.7 Å². The number of carbonyl (C=O) groups is 2. The molecule has 0 atom stereocenters. The molecule has 8 nitrogen and oxygen atoms in total. The molecule has 2 aromatic heterocycles. The third-order valence-corrected chi connectivity index (χ3v) is 4.98. The van der Waals surface area contributed by atoms with E-state index in [1.165, 1.54) is 10.7 Å². The minimum atomic E-state index is -4.50. The number of nitrogens with zero attached hydrogens (tertiary/aromatic N) is 4. The van der Waals surface area contributed by atoms with Gasteiger partial charge in [0, 0.05) is 30.9 Å². The van der Waals surface area contributed by atoms with E-state index >= 15 is 0 Å². The lowest BCUT2D eigenvalue weighted by Crippen LogP contribution is -2.23. The highest BCUT2D eigenvalue weighted by Crippen LogP contribution is 2.29. The number of carbonyl (C=O) groups excluding carboxylic acids is 2. The van der Waals surface area contributed by atoms with Crippen molar-refractivity contribution in [2.45, 2.75) is 25.9 Å². The molecule has 0 saturated carbocycles. The predicted octanol–water partition coefficient (Wildman–Crippen LogP) is 3.74. The topological polar surface area (TPSA) is 89.4 Å². The van der Waals surface area contributed by atoms with Crippen LogP contribution in [0.15, 0.2) is 48.7 Å².